The zero-order valence-electron chi connectivity index (χ0n) is 19.7. The van der Waals surface area contributed by atoms with Gasteiger partial charge in [0.05, 0.1) is 29.5 Å². The summed E-state index contributed by atoms with van der Waals surface area (Å²) < 4.78 is 34.0. The molecule has 1 aliphatic heterocycles. The molecule has 34 heavy (non-hydrogen) atoms. The summed E-state index contributed by atoms with van der Waals surface area (Å²) in [4.78, 5) is 12.9. The Hall–Kier alpha value is -3.01. The fourth-order valence-electron chi connectivity index (χ4n) is 4.09. The van der Waals surface area contributed by atoms with Gasteiger partial charge in [-0.3, -0.25) is 4.79 Å². The summed E-state index contributed by atoms with van der Waals surface area (Å²) in [5, 5.41) is 7.50. The molecule has 0 bridgehead atoms. The van der Waals surface area contributed by atoms with E-state index in [0.29, 0.717) is 38.5 Å². The number of benzene rings is 2. The summed E-state index contributed by atoms with van der Waals surface area (Å²) in [6, 6.07) is 14.8. The number of rotatable bonds is 7. The van der Waals surface area contributed by atoms with Gasteiger partial charge in [0, 0.05) is 25.6 Å². The summed E-state index contributed by atoms with van der Waals surface area (Å²) in [6.07, 6.45) is 0.771. The molecule has 0 atom stereocenters. The van der Waals surface area contributed by atoms with Crippen LogP contribution in [0.25, 0.3) is 5.69 Å². The molecular weight excluding hydrogens is 452 g/mol. The van der Waals surface area contributed by atoms with Crippen LogP contribution in [-0.2, 0) is 26.0 Å². The predicted molar refractivity (Wildman–Crippen MR) is 131 cm³/mol. The third kappa shape index (κ3) is 5.55. The molecule has 1 fully saturated rings. The van der Waals surface area contributed by atoms with E-state index in [2.05, 4.69) is 16.5 Å². The van der Waals surface area contributed by atoms with E-state index in [-0.39, 0.29) is 17.2 Å². The lowest BCUT2D eigenvalue weighted by atomic mass is 10.1. The van der Waals surface area contributed by atoms with Crippen LogP contribution >= 0.6 is 0 Å². The van der Waals surface area contributed by atoms with Gasteiger partial charge in [-0.05, 0) is 68.1 Å². The third-order valence-electron chi connectivity index (χ3n) is 5.72. The number of sulfonamides is 1. The van der Waals surface area contributed by atoms with Gasteiger partial charge in [-0.15, -0.1) is 0 Å². The lowest BCUT2D eigenvalue weighted by molar-refractivity contribution is -0.116. The Bertz CT molecular complexity index is 1260. The molecule has 9 heteroatoms. The van der Waals surface area contributed by atoms with Crippen LogP contribution in [0.3, 0.4) is 0 Å². The van der Waals surface area contributed by atoms with E-state index in [1.807, 2.05) is 39.0 Å². The van der Waals surface area contributed by atoms with Crippen molar-refractivity contribution in [3.63, 3.8) is 0 Å². The second kappa shape index (κ2) is 10.1. The van der Waals surface area contributed by atoms with Crippen molar-refractivity contribution in [3.8, 4) is 5.69 Å². The van der Waals surface area contributed by atoms with Crippen LogP contribution in [0, 0.1) is 20.8 Å². The van der Waals surface area contributed by atoms with E-state index in [1.165, 1.54) is 4.31 Å². The van der Waals surface area contributed by atoms with E-state index in [4.69, 9.17) is 4.74 Å². The Morgan fingerprint density at radius 3 is 2.29 bits per heavy atom. The second-order valence-electron chi connectivity index (χ2n) is 8.64. The van der Waals surface area contributed by atoms with Crippen LogP contribution in [0.5, 0.6) is 0 Å². The maximum atomic E-state index is 12.8. The molecule has 0 spiro atoms. The van der Waals surface area contributed by atoms with Crippen molar-refractivity contribution < 1.29 is 17.9 Å². The van der Waals surface area contributed by atoms with E-state index < -0.39 is 10.0 Å². The number of carbonyl (C=O) groups excluding carboxylic acids is 1. The van der Waals surface area contributed by atoms with Crippen molar-refractivity contribution in [1.82, 2.24) is 14.1 Å². The molecule has 2 heterocycles. The van der Waals surface area contributed by atoms with Gasteiger partial charge in [0.1, 0.15) is 5.82 Å². The average molecular weight is 483 g/mol. The number of nitrogens with zero attached hydrogens (tertiary/aromatic N) is 3. The molecule has 1 amide bonds. The molecule has 0 unspecified atom stereocenters. The number of aromatic nitrogens is 2. The minimum atomic E-state index is -3.52. The van der Waals surface area contributed by atoms with Gasteiger partial charge in [-0.2, -0.15) is 9.40 Å². The molecule has 1 saturated heterocycles. The number of carbonyl (C=O) groups is 1. The lowest BCUT2D eigenvalue weighted by Crippen LogP contribution is -2.40. The molecule has 8 nitrogen and oxygen atoms in total. The summed E-state index contributed by atoms with van der Waals surface area (Å²) >= 11 is 0. The predicted octanol–water partition coefficient (Wildman–Crippen LogP) is 3.39. The van der Waals surface area contributed by atoms with E-state index in [9.17, 15) is 13.2 Å². The number of amides is 1. The summed E-state index contributed by atoms with van der Waals surface area (Å²) in [6.45, 7) is 7.50. The van der Waals surface area contributed by atoms with Crippen molar-refractivity contribution in [2.45, 2.75) is 38.5 Å². The second-order valence-corrected chi connectivity index (χ2v) is 10.6. The zero-order chi connectivity index (χ0) is 24.3. The highest BCUT2D eigenvalue weighted by atomic mass is 32.2. The molecule has 3 aromatic rings. The third-order valence-corrected chi connectivity index (χ3v) is 7.63. The van der Waals surface area contributed by atoms with Gasteiger partial charge < -0.3 is 10.1 Å². The number of hydrogen-bond donors (Lipinski definition) is 1. The Kier molecular flexibility index (Phi) is 7.16. The molecule has 1 N–H and O–H groups in total. The first-order valence-electron chi connectivity index (χ1n) is 11.3. The highest BCUT2D eigenvalue weighted by Gasteiger charge is 2.26. The first kappa shape index (κ1) is 24.1. The fourth-order valence-corrected chi connectivity index (χ4v) is 5.49. The van der Waals surface area contributed by atoms with Crippen LogP contribution in [0.2, 0.25) is 0 Å². The van der Waals surface area contributed by atoms with E-state index in [1.54, 1.807) is 28.9 Å². The van der Waals surface area contributed by atoms with Crippen molar-refractivity contribution in [2.75, 3.05) is 31.6 Å². The molecule has 4 rings (SSSR count). The first-order chi connectivity index (χ1) is 16.2. The minimum absolute atomic E-state index is 0.129. The number of morpholine rings is 1. The summed E-state index contributed by atoms with van der Waals surface area (Å²) in [5.41, 5.74) is 4.86. The fraction of sp³-hybridized carbons (Fsp3) is 0.360. The lowest BCUT2D eigenvalue weighted by Gasteiger charge is -2.26. The minimum Gasteiger partial charge on any atom is -0.379 e. The molecule has 0 saturated carbocycles. The van der Waals surface area contributed by atoms with Crippen LogP contribution < -0.4 is 5.32 Å². The maximum Gasteiger partial charge on any atom is 0.243 e. The highest BCUT2D eigenvalue weighted by molar-refractivity contribution is 7.89. The Balaban J connectivity index is 1.39. The van der Waals surface area contributed by atoms with Gasteiger partial charge in [-0.25, -0.2) is 13.1 Å². The molecular formula is C25H30N4O4S. The topological polar surface area (TPSA) is 93.5 Å². The van der Waals surface area contributed by atoms with Gasteiger partial charge in [0.25, 0.3) is 0 Å². The smallest absolute Gasteiger partial charge is 0.243 e. The van der Waals surface area contributed by atoms with E-state index in [0.717, 1.165) is 28.1 Å². The van der Waals surface area contributed by atoms with Crippen molar-refractivity contribution in [2.24, 2.45) is 0 Å². The van der Waals surface area contributed by atoms with Crippen LogP contribution in [0.15, 0.2) is 53.4 Å². The quantitative estimate of drug-likeness (QED) is 0.557. The standard InChI is InChI=1S/C25H30N4O4S/c1-18-14-19(2)16-22(15-18)29-24(17-20(3)27-29)26-25(30)9-6-21-4-7-23(8-5-21)34(31,32)28-10-12-33-13-11-28/h4-5,7-8,14-17H,6,9-13H2,1-3H3,(H,26,30). The Labute approximate surface area is 200 Å². The number of nitrogens with one attached hydrogen (secondary N) is 1. The zero-order valence-corrected chi connectivity index (χ0v) is 20.6. The van der Waals surface area contributed by atoms with Gasteiger partial charge in [0.15, 0.2) is 0 Å². The SMILES string of the molecule is Cc1cc(C)cc(-n2nc(C)cc2NC(=O)CCc2ccc(S(=O)(=O)N3CCOCC3)cc2)c1. The normalized spacial score (nSPS) is 14.8. The molecule has 0 aliphatic carbocycles. The number of hydrogen-bond acceptors (Lipinski definition) is 5. The van der Waals surface area contributed by atoms with Gasteiger partial charge in [-0.1, -0.05) is 18.2 Å². The highest BCUT2D eigenvalue weighted by Crippen LogP contribution is 2.21. The number of aryl methyl sites for hydroxylation is 4. The molecule has 180 valence electrons. The van der Waals surface area contributed by atoms with Gasteiger partial charge in [0.2, 0.25) is 15.9 Å². The van der Waals surface area contributed by atoms with Crippen molar-refractivity contribution in [1.29, 1.82) is 0 Å². The van der Waals surface area contributed by atoms with Crippen LogP contribution in [-0.4, -0.2) is 54.7 Å². The molecule has 1 aromatic heterocycles. The maximum absolute atomic E-state index is 12.8. The van der Waals surface area contributed by atoms with Crippen LogP contribution in [0.4, 0.5) is 5.82 Å². The summed E-state index contributed by atoms with van der Waals surface area (Å²) in [5.74, 6) is 0.495. The number of anilines is 1. The Morgan fingerprint density at radius 1 is 1.00 bits per heavy atom. The first-order valence-corrected chi connectivity index (χ1v) is 12.8. The molecule has 1 aliphatic rings. The van der Waals surface area contributed by atoms with E-state index >= 15 is 0 Å². The Morgan fingerprint density at radius 2 is 1.65 bits per heavy atom. The monoisotopic (exact) mass is 482 g/mol. The van der Waals surface area contributed by atoms with Crippen molar-refractivity contribution in [3.05, 3.63) is 70.9 Å². The summed E-state index contributed by atoms with van der Waals surface area (Å²) in [7, 11) is -3.52. The van der Waals surface area contributed by atoms with Gasteiger partial charge >= 0.3 is 0 Å². The largest absolute Gasteiger partial charge is 0.379 e. The average Bonchev–Trinajstić information content (AvgIpc) is 3.18. The molecule has 0 radical (unpaired) electrons. The van der Waals surface area contributed by atoms with Crippen LogP contribution in [0.1, 0.15) is 28.8 Å². The van der Waals surface area contributed by atoms with Crippen molar-refractivity contribution >= 4 is 21.7 Å². The number of ether oxygens (including phenoxy) is 1. The molecule has 2 aromatic carbocycles.